The zero-order valence-electron chi connectivity index (χ0n) is 19.5. The van der Waals surface area contributed by atoms with Crippen LogP contribution in [0, 0.1) is 0 Å². The molecule has 1 unspecified atom stereocenters. The molecule has 0 saturated heterocycles. The van der Waals surface area contributed by atoms with Gasteiger partial charge in [0.2, 0.25) is 0 Å². The molecule has 0 radical (unpaired) electrons. The van der Waals surface area contributed by atoms with Crippen molar-refractivity contribution >= 4 is 18.1 Å². The highest BCUT2D eigenvalue weighted by Crippen LogP contribution is 2.42. The summed E-state index contributed by atoms with van der Waals surface area (Å²) in [6.45, 7) is 0.835. The number of carbonyl (C=O) groups excluding carboxylic acids is 2. The first-order valence-corrected chi connectivity index (χ1v) is 11.2. The Bertz CT molecular complexity index is 1330. The third-order valence-corrected chi connectivity index (χ3v) is 6.26. The molecule has 1 aromatic heterocycles. The van der Waals surface area contributed by atoms with E-state index in [1.54, 1.807) is 48.6 Å². The summed E-state index contributed by atoms with van der Waals surface area (Å²) in [6.07, 6.45) is -3.00. The fraction of sp³-hybridized carbons (Fsp3) is 0.240. The first-order chi connectivity index (χ1) is 17.7. The zero-order chi connectivity index (χ0) is 26.2. The Morgan fingerprint density at radius 2 is 1.95 bits per heavy atom. The second-order valence-electron chi connectivity index (χ2n) is 8.47. The van der Waals surface area contributed by atoms with Gasteiger partial charge < -0.3 is 19.6 Å². The van der Waals surface area contributed by atoms with Gasteiger partial charge in [-0.15, -0.1) is 18.3 Å². The lowest BCUT2D eigenvalue weighted by atomic mass is 9.81. The van der Waals surface area contributed by atoms with Crippen molar-refractivity contribution in [2.24, 2.45) is 0 Å². The molecule has 0 saturated carbocycles. The van der Waals surface area contributed by atoms with Gasteiger partial charge >= 0.3 is 12.8 Å². The Kier molecular flexibility index (Phi) is 6.12. The molecule has 0 bridgehead atoms. The molecule has 2 aliphatic rings. The van der Waals surface area contributed by atoms with Crippen molar-refractivity contribution < 1.29 is 37.1 Å². The summed E-state index contributed by atoms with van der Waals surface area (Å²) in [6, 6.07) is 13.8. The fourth-order valence-corrected chi connectivity index (χ4v) is 4.72. The van der Waals surface area contributed by atoms with Crippen LogP contribution >= 0.6 is 0 Å². The number of halogens is 3. The summed E-state index contributed by atoms with van der Waals surface area (Å²) in [5, 5.41) is 6.01. The summed E-state index contributed by atoms with van der Waals surface area (Å²) < 4.78 is 47.9. The lowest BCUT2D eigenvalue weighted by molar-refractivity contribution is -0.274. The number of amides is 1. The highest BCUT2D eigenvalue weighted by Gasteiger charge is 2.43. The van der Waals surface area contributed by atoms with Gasteiger partial charge in [-0.2, -0.15) is 5.01 Å². The molecule has 2 aliphatic heterocycles. The van der Waals surface area contributed by atoms with Crippen LogP contribution in [0.3, 0.4) is 0 Å². The predicted molar refractivity (Wildman–Crippen MR) is 123 cm³/mol. The molecule has 3 aromatic rings. The number of fused-ring (bicyclic) bond motifs is 2. The minimum atomic E-state index is -4.83. The summed E-state index contributed by atoms with van der Waals surface area (Å²) in [4.78, 5) is 34.2. The molecule has 0 fully saturated rings. The van der Waals surface area contributed by atoms with E-state index in [1.165, 1.54) is 29.4 Å². The summed E-state index contributed by atoms with van der Waals surface area (Å²) in [7, 11) is 1.70. The number of ether oxygens (including phenoxy) is 2. The number of benzene rings is 2. The summed E-state index contributed by atoms with van der Waals surface area (Å²) >= 11 is 0. The highest BCUT2D eigenvalue weighted by molar-refractivity contribution is 5.98. The van der Waals surface area contributed by atoms with Gasteiger partial charge in [-0.1, -0.05) is 18.2 Å². The van der Waals surface area contributed by atoms with Crippen molar-refractivity contribution in [3.8, 4) is 11.5 Å². The monoisotopic (exact) mass is 514 g/mol. The number of pyridine rings is 1. The Morgan fingerprint density at radius 3 is 2.68 bits per heavy atom. The molecule has 2 aromatic carbocycles. The normalized spacial score (nSPS) is 18.9. The average molecular weight is 514 g/mol. The molecule has 5 rings (SSSR count). The maximum absolute atomic E-state index is 13.8. The number of nitrogens with zero attached hydrogens (tertiary/aromatic N) is 3. The molecule has 9 nitrogen and oxygen atoms in total. The number of rotatable bonds is 6. The van der Waals surface area contributed by atoms with E-state index in [2.05, 4.69) is 15.0 Å². The van der Waals surface area contributed by atoms with Crippen LogP contribution in [0.15, 0.2) is 60.8 Å². The van der Waals surface area contributed by atoms with E-state index in [1.807, 2.05) is 0 Å². The first-order valence-electron chi connectivity index (χ1n) is 11.2. The van der Waals surface area contributed by atoms with Crippen LogP contribution in [0.25, 0.3) is 0 Å². The average Bonchev–Trinajstić information content (AvgIpc) is 3.19. The fourth-order valence-electron chi connectivity index (χ4n) is 4.72. The highest BCUT2D eigenvalue weighted by atomic mass is 19.4. The molecular weight excluding hydrogens is 493 g/mol. The van der Waals surface area contributed by atoms with Crippen molar-refractivity contribution in [3.63, 3.8) is 0 Å². The number of hydrogen-bond acceptors (Lipinski definition) is 8. The van der Waals surface area contributed by atoms with Gasteiger partial charge in [0.25, 0.3) is 5.91 Å². The Hall–Kier alpha value is -4.32. The smallest absolute Gasteiger partial charge is 0.491 e. The number of aromatic nitrogens is 1. The first kappa shape index (κ1) is 24.4. The van der Waals surface area contributed by atoms with E-state index >= 15 is 0 Å². The van der Waals surface area contributed by atoms with Gasteiger partial charge in [-0.25, -0.2) is 0 Å². The second-order valence-corrected chi connectivity index (χ2v) is 8.47. The second kappa shape index (κ2) is 9.28. The molecule has 192 valence electrons. The maximum Gasteiger partial charge on any atom is 0.573 e. The van der Waals surface area contributed by atoms with Gasteiger partial charge in [0.05, 0.1) is 12.3 Å². The van der Waals surface area contributed by atoms with Crippen LogP contribution in [-0.2, 0) is 21.7 Å². The largest absolute Gasteiger partial charge is 0.573 e. The van der Waals surface area contributed by atoms with E-state index in [4.69, 9.17) is 9.57 Å². The molecule has 12 heteroatoms. The number of hydrazine groups is 1. The topological polar surface area (TPSA) is 93.2 Å². The summed E-state index contributed by atoms with van der Waals surface area (Å²) in [5.74, 6) is -0.370. The molecular formula is C25H21F3N4O5. The maximum atomic E-state index is 13.8. The SMILES string of the molecule is CN1Cc2c(C(=O)NC3(c4ccc(OC(F)(F)F)cc4)CCOc4cccnc43)cccc2N1OC=O. The van der Waals surface area contributed by atoms with E-state index in [0.717, 1.165) is 0 Å². The lowest BCUT2D eigenvalue weighted by Crippen LogP contribution is -2.50. The van der Waals surface area contributed by atoms with Crippen LogP contribution in [0.4, 0.5) is 18.9 Å². The number of hydrogen-bond donors (Lipinski definition) is 1. The van der Waals surface area contributed by atoms with Crippen molar-refractivity contribution in [2.45, 2.75) is 24.9 Å². The predicted octanol–water partition coefficient (Wildman–Crippen LogP) is 3.69. The van der Waals surface area contributed by atoms with Crippen molar-refractivity contribution in [2.75, 3.05) is 18.8 Å². The van der Waals surface area contributed by atoms with Crippen LogP contribution < -0.4 is 20.0 Å². The van der Waals surface area contributed by atoms with E-state index in [0.29, 0.717) is 46.8 Å². The Morgan fingerprint density at radius 1 is 1.16 bits per heavy atom. The van der Waals surface area contributed by atoms with Crippen LogP contribution in [-0.4, -0.2) is 42.4 Å². The minimum absolute atomic E-state index is 0.233. The third-order valence-electron chi connectivity index (χ3n) is 6.26. The van der Waals surface area contributed by atoms with Gasteiger partial charge in [0.15, 0.2) is 0 Å². The number of anilines is 1. The van der Waals surface area contributed by atoms with E-state index in [9.17, 15) is 22.8 Å². The zero-order valence-corrected chi connectivity index (χ0v) is 19.5. The Balaban J connectivity index is 1.56. The third kappa shape index (κ3) is 4.51. The Labute approximate surface area is 209 Å². The van der Waals surface area contributed by atoms with Gasteiger partial charge in [0, 0.05) is 37.3 Å². The van der Waals surface area contributed by atoms with Gasteiger partial charge in [-0.3, -0.25) is 14.6 Å². The molecule has 1 amide bonds. The molecule has 1 atom stereocenters. The molecule has 1 N–H and O–H groups in total. The van der Waals surface area contributed by atoms with Gasteiger partial charge in [0.1, 0.15) is 22.7 Å². The van der Waals surface area contributed by atoms with E-state index in [-0.39, 0.29) is 18.8 Å². The molecule has 0 aliphatic carbocycles. The van der Waals surface area contributed by atoms with Gasteiger partial charge in [-0.05, 0) is 42.0 Å². The van der Waals surface area contributed by atoms with Crippen molar-refractivity contribution in [3.05, 3.63) is 83.2 Å². The van der Waals surface area contributed by atoms with Crippen LogP contribution in [0.2, 0.25) is 0 Å². The van der Waals surface area contributed by atoms with Crippen LogP contribution in [0.5, 0.6) is 11.5 Å². The standard InChI is InChI=1S/C25H21F3N4O5/c1-31-14-19-18(4-2-5-20(19)32(31)36-15-33)23(34)30-24(11-13-35-21-6-3-12-29-22(21)24)16-7-9-17(10-8-16)37-25(26,27)28/h2-10,12,15H,11,13-14H2,1H3,(H,30,34). The summed E-state index contributed by atoms with van der Waals surface area (Å²) in [5.41, 5.74) is 1.26. The quantitative estimate of drug-likeness (QED) is 0.498. The number of nitrogens with one attached hydrogen (secondary N) is 1. The molecule has 0 spiro atoms. The van der Waals surface area contributed by atoms with Crippen molar-refractivity contribution in [1.29, 1.82) is 0 Å². The lowest BCUT2D eigenvalue weighted by Gasteiger charge is -2.39. The number of alkyl halides is 3. The molecule has 3 heterocycles. The van der Waals surface area contributed by atoms with Crippen LogP contribution in [0.1, 0.15) is 33.6 Å². The minimum Gasteiger partial charge on any atom is -0.491 e. The molecule has 37 heavy (non-hydrogen) atoms. The van der Waals surface area contributed by atoms with Crippen molar-refractivity contribution in [1.82, 2.24) is 15.3 Å². The van der Waals surface area contributed by atoms with E-state index < -0.39 is 17.8 Å². The number of carbonyl (C=O) groups is 2.